The average molecular weight is 370 g/mol. The van der Waals surface area contributed by atoms with E-state index in [9.17, 15) is 9.59 Å². The molecule has 4 rings (SSSR count). The number of allylic oxidation sites excluding steroid dienone is 1. The molecule has 2 atom stereocenters. The van der Waals surface area contributed by atoms with Crippen LogP contribution >= 0.6 is 0 Å². The molecule has 1 aliphatic carbocycles. The van der Waals surface area contributed by atoms with Crippen molar-refractivity contribution in [2.24, 2.45) is 0 Å². The highest BCUT2D eigenvalue weighted by molar-refractivity contribution is 5.96. The molecule has 2 aliphatic heterocycles. The van der Waals surface area contributed by atoms with Crippen LogP contribution in [0.2, 0.25) is 0 Å². The Kier molecular flexibility index (Phi) is 3.81. The topological polar surface area (TPSA) is 59.1 Å². The first kappa shape index (κ1) is 17.9. The van der Waals surface area contributed by atoms with Gasteiger partial charge in [0.15, 0.2) is 0 Å². The second kappa shape index (κ2) is 5.75. The largest absolute Gasteiger partial charge is 0.452 e. The van der Waals surface area contributed by atoms with Crippen molar-refractivity contribution in [3.8, 4) is 0 Å². The van der Waals surface area contributed by atoms with E-state index in [0.717, 1.165) is 24.1 Å². The summed E-state index contributed by atoms with van der Waals surface area (Å²) in [5.74, 6) is 0. The molecule has 0 unspecified atom stereocenters. The molecule has 6 heteroatoms. The molecule has 1 aromatic rings. The number of hydrogen-bond donors (Lipinski definition) is 0. The Labute approximate surface area is 159 Å². The summed E-state index contributed by atoms with van der Waals surface area (Å²) in [6, 6.07) is 7.89. The molecule has 0 radical (unpaired) electrons. The predicted octanol–water partition coefficient (Wildman–Crippen LogP) is 4.20. The summed E-state index contributed by atoms with van der Waals surface area (Å²) in [7, 11) is 1.38. The SMILES string of the molecule is COC(=O)N1c2ccccc2[C@@]23C=CCC[C@@]12N(C(=O)OC(C)(C)C)CC3. The number of anilines is 1. The van der Waals surface area contributed by atoms with Crippen LogP contribution in [0.4, 0.5) is 15.3 Å². The van der Waals surface area contributed by atoms with Crippen LogP contribution < -0.4 is 4.90 Å². The lowest BCUT2D eigenvalue weighted by atomic mass is 9.68. The lowest BCUT2D eigenvalue weighted by molar-refractivity contribution is 0.000181. The van der Waals surface area contributed by atoms with Gasteiger partial charge >= 0.3 is 12.2 Å². The molecule has 0 spiro atoms. The summed E-state index contributed by atoms with van der Waals surface area (Å²) >= 11 is 0. The fourth-order valence-corrected chi connectivity index (χ4v) is 5.08. The number of carbonyl (C=O) groups excluding carboxylic acids is 2. The van der Waals surface area contributed by atoms with Crippen LogP contribution in [-0.2, 0) is 14.9 Å². The van der Waals surface area contributed by atoms with Crippen LogP contribution in [0.1, 0.15) is 45.6 Å². The molecule has 3 aliphatic rings. The maximum absolute atomic E-state index is 13.2. The molecule has 1 aromatic carbocycles. The smallest absolute Gasteiger partial charge is 0.416 e. The zero-order valence-corrected chi connectivity index (χ0v) is 16.3. The summed E-state index contributed by atoms with van der Waals surface area (Å²) in [4.78, 5) is 29.5. The second-order valence-corrected chi connectivity index (χ2v) is 8.43. The van der Waals surface area contributed by atoms with E-state index in [0.29, 0.717) is 13.0 Å². The van der Waals surface area contributed by atoms with E-state index in [1.165, 1.54) is 7.11 Å². The van der Waals surface area contributed by atoms with Gasteiger partial charge in [-0.3, -0.25) is 9.80 Å². The Morgan fingerprint density at radius 3 is 2.56 bits per heavy atom. The Morgan fingerprint density at radius 2 is 1.85 bits per heavy atom. The predicted molar refractivity (Wildman–Crippen MR) is 102 cm³/mol. The number of fused-ring (bicyclic) bond motifs is 1. The summed E-state index contributed by atoms with van der Waals surface area (Å²) in [5, 5.41) is 0. The summed E-state index contributed by atoms with van der Waals surface area (Å²) in [6.45, 7) is 6.09. The fraction of sp³-hybridized carbons (Fsp3) is 0.524. The Bertz CT molecular complexity index is 828. The van der Waals surface area contributed by atoms with Crippen molar-refractivity contribution in [1.29, 1.82) is 0 Å². The number of amides is 2. The van der Waals surface area contributed by atoms with Crippen LogP contribution in [0, 0.1) is 0 Å². The number of methoxy groups -OCH3 is 1. The van der Waals surface area contributed by atoms with E-state index < -0.39 is 22.8 Å². The third-order valence-corrected chi connectivity index (χ3v) is 5.92. The lowest BCUT2D eigenvalue weighted by Gasteiger charge is -2.49. The molecule has 0 bridgehead atoms. The lowest BCUT2D eigenvalue weighted by Crippen LogP contribution is -2.66. The summed E-state index contributed by atoms with van der Waals surface area (Å²) in [5.41, 5.74) is 0.000292. The van der Waals surface area contributed by atoms with Gasteiger partial charge in [0.2, 0.25) is 0 Å². The van der Waals surface area contributed by atoms with E-state index in [-0.39, 0.29) is 6.09 Å². The van der Waals surface area contributed by atoms with Gasteiger partial charge in [-0.2, -0.15) is 0 Å². The van der Waals surface area contributed by atoms with Crippen molar-refractivity contribution >= 4 is 17.9 Å². The van der Waals surface area contributed by atoms with Gasteiger partial charge in [-0.25, -0.2) is 9.59 Å². The number of carbonyl (C=O) groups is 2. The van der Waals surface area contributed by atoms with Gasteiger partial charge in [0, 0.05) is 6.54 Å². The number of nitrogens with zero attached hydrogens (tertiary/aromatic N) is 2. The van der Waals surface area contributed by atoms with Crippen molar-refractivity contribution < 1.29 is 19.1 Å². The van der Waals surface area contributed by atoms with Crippen LogP contribution in [0.15, 0.2) is 36.4 Å². The van der Waals surface area contributed by atoms with Gasteiger partial charge in [-0.05, 0) is 51.7 Å². The van der Waals surface area contributed by atoms with Gasteiger partial charge in [-0.15, -0.1) is 0 Å². The van der Waals surface area contributed by atoms with Crippen LogP contribution in [0.3, 0.4) is 0 Å². The maximum Gasteiger partial charge on any atom is 0.416 e. The summed E-state index contributed by atoms with van der Waals surface area (Å²) < 4.78 is 10.9. The van der Waals surface area contributed by atoms with Crippen molar-refractivity contribution in [2.45, 2.75) is 56.7 Å². The quantitative estimate of drug-likeness (QED) is 0.642. The highest BCUT2D eigenvalue weighted by atomic mass is 16.6. The second-order valence-electron chi connectivity index (χ2n) is 8.43. The molecule has 144 valence electrons. The molecular weight excluding hydrogens is 344 g/mol. The number of ether oxygens (including phenoxy) is 2. The number of rotatable bonds is 0. The third kappa shape index (κ3) is 2.25. The van der Waals surface area contributed by atoms with Crippen LogP contribution in [-0.4, -0.2) is 42.0 Å². The van der Waals surface area contributed by atoms with Gasteiger partial charge in [0.05, 0.1) is 18.2 Å². The molecule has 0 saturated carbocycles. The van der Waals surface area contributed by atoms with Gasteiger partial charge in [-0.1, -0.05) is 30.4 Å². The minimum Gasteiger partial charge on any atom is -0.452 e. The van der Waals surface area contributed by atoms with E-state index in [2.05, 4.69) is 18.2 Å². The highest BCUT2D eigenvalue weighted by Crippen LogP contribution is 2.63. The first-order valence-corrected chi connectivity index (χ1v) is 9.43. The van der Waals surface area contributed by atoms with E-state index in [4.69, 9.17) is 9.47 Å². The van der Waals surface area contributed by atoms with E-state index in [1.54, 1.807) is 9.80 Å². The molecule has 1 saturated heterocycles. The Morgan fingerprint density at radius 1 is 1.11 bits per heavy atom. The van der Waals surface area contributed by atoms with Crippen molar-refractivity contribution in [2.75, 3.05) is 18.6 Å². The molecule has 0 aromatic heterocycles. The van der Waals surface area contributed by atoms with Crippen molar-refractivity contribution in [3.63, 3.8) is 0 Å². The number of hydrogen-bond acceptors (Lipinski definition) is 4. The van der Waals surface area contributed by atoms with Gasteiger partial charge in [0.25, 0.3) is 0 Å². The van der Waals surface area contributed by atoms with E-state index in [1.807, 2.05) is 39.0 Å². The minimum atomic E-state index is -0.832. The van der Waals surface area contributed by atoms with Crippen molar-refractivity contribution in [3.05, 3.63) is 42.0 Å². The molecule has 6 nitrogen and oxygen atoms in total. The Balaban J connectivity index is 1.91. The standard InChI is InChI=1S/C21H26N2O4/c1-19(2,3)27-17(24)22-14-13-20-11-7-8-12-21(20,22)23(18(25)26-4)16-10-6-5-9-15(16)20/h5-7,9-11H,8,12-14H2,1-4H3/t20-,21+/m0/s1. The zero-order chi connectivity index (χ0) is 19.4. The number of para-hydroxylation sites is 1. The molecular formula is C21H26N2O4. The maximum atomic E-state index is 13.2. The third-order valence-electron chi connectivity index (χ3n) is 5.92. The molecule has 0 N–H and O–H groups in total. The zero-order valence-electron chi connectivity index (χ0n) is 16.3. The molecule has 1 fully saturated rings. The van der Waals surface area contributed by atoms with Crippen molar-refractivity contribution in [1.82, 2.24) is 4.90 Å². The minimum absolute atomic E-state index is 0.388. The first-order chi connectivity index (χ1) is 12.8. The normalized spacial score (nSPS) is 28.4. The van der Waals surface area contributed by atoms with Gasteiger partial charge < -0.3 is 9.47 Å². The van der Waals surface area contributed by atoms with Crippen LogP contribution in [0.25, 0.3) is 0 Å². The monoisotopic (exact) mass is 370 g/mol. The molecule has 2 amide bonds. The Hall–Kier alpha value is -2.50. The fourth-order valence-electron chi connectivity index (χ4n) is 5.08. The highest BCUT2D eigenvalue weighted by Gasteiger charge is 2.70. The molecule has 27 heavy (non-hydrogen) atoms. The summed E-state index contributed by atoms with van der Waals surface area (Å²) in [6.07, 6.45) is 5.68. The van der Waals surface area contributed by atoms with Crippen LogP contribution in [0.5, 0.6) is 0 Å². The van der Waals surface area contributed by atoms with Gasteiger partial charge in [0.1, 0.15) is 11.3 Å². The first-order valence-electron chi connectivity index (χ1n) is 9.43. The number of likely N-dealkylation sites (tertiary alicyclic amines) is 1. The average Bonchev–Trinajstić information content (AvgIpc) is 3.09. The van der Waals surface area contributed by atoms with E-state index >= 15 is 0 Å². The molecule has 2 heterocycles. The number of benzene rings is 1.